The molecule has 0 amide bonds. The standard InChI is InChI=1S/C24H29NO3/c1-28-21-11-18-9-5-8-17(18)10-19(21)12-25-13-22(27)24(15-25)20(14-26)23(24)16-6-3-2-4-7-16/h2-4,6-7,10-11,20,22-23,26-27H,5,8-9,12-15H2,1H3/t20-,22+,23-,24-/m1/s1. The van der Waals surface area contributed by atoms with Crippen molar-refractivity contribution < 1.29 is 14.9 Å². The van der Waals surface area contributed by atoms with E-state index in [1.54, 1.807) is 7.11 Å². The lowest BCUT2D eigenvalue weighted by Gasteiger charge is -2.19. The number of β-amino-alcohol motifs (C(OH)–C–C–N with tert-alkyl or cyclic N) is 1. The number of hydrogen-bond donors (Lipinski definition) is 2. The van der Waals surface area contributed by atoms with Crippen molar-refractivity contribution in [2.75, 3.05) is 26.8 Å². The summed E-state index contributed by atoms with van der Waals surface area (Å²) in [5.74, 6) is 1.34. The molecule has 0 bridgehead atoms. The maximum absolute atomic E-state index is 11.0. The van der Waals surface area contributed by atoms with E-state index in [9.17, 15) is 10.2 Å². The monoisotopic (exact) mass is 379 g/mol. The molecule has 5 rings (SSSR count). The number of likely N-dealkylation sites (tertiary alicyclic amines) is 1. The van der Waals surface area contributed by atoms with E-state index in [1.165, 1.54) is 28.7 Å². The Morgan fingerprint density at radius 2 is 1.89 bits per heavy atom. The maximum atomic E-state index is 11.0. The number of ether oxygens (including phenoxy) is 1. The molecule has 1 spiro atoms. The molecule has 0 radical (unpaired) electrons. The molecule has 4 heteroatoms. The summed E-state index contributed by atoms with van der Waals surface area (Å²) in [5, 5.41) is 21.0. The number of aliphatic hydroxyl groups is 2. The topological polar surface area (TPSA) is 52.9 Å². The molecular formula is C24H29NO3. The van der Waals surface area contributed by atoms with Crippen molar-refractivity contribution in [2.24, 2.45) is 11.3 Å². The van der Waals surface area contributed by atoms with Crippen LogP contribution in [-0.2, 0) is 19.4 Å². The average Bonchev–Trinajstić information content (AvgIpc) is 2.94. The summed E-state index contributed by atoms with van der Waals surface area (Å²) in [6, 6.07) is 14.9. The van der Waals surface area contributed by atoms with Crippen LogP contribution in [0.15, 0.2) is 42.5 Å². The van der Waals surface area contributed by atoms with Crippen LogP contribution in [0.2, 0.25) is 0 Å². The molecule has 4 atom stereocenters. The molecule has 3 aliphatic rings. The highest BCUT2D eigenvalue weighted by Gasteiger charge is 2.70. The van der Waals surface area contributed by atoms with Crippen LogP contribution < -0.4 is 4.74 Å². The van der Waals surface area contributed by atoms with E-state index in [0.717, 1.165) is 31.7 Å². The second kappa shape index (κ2) is 6.87. The van der Waals surface area contributed by atoms with E-state index in [0.29, 0.717) is 6.54 Å². The number of aliphatic hydroxyl groups excluding tert-OH is 2. The van der Waals surface area contributed by atoms with Gasteiger partial charge in [0.15, 0.2) is 0 Å². The number of aryl methyl sites for hydroxylation is 2. The van der Waals surface area contributed by atoms with Crippen LogP contribution in [0.4, 0.5) is 0 Å². The minimum atomic E-state index is -0.407. The fourth-order valence-electron chi connectivity index (χ4n) is 5.99. The predicted octanol–water partition coefficient (Wildman–Crippen LogP) is 2.75. The zero-order valence-electron chi connectivity index (χ0n) is 16.5. The first kappa shape index (κ1) is 18.2. The number of benzene rings is 2. The van der Waals surface area contributed by atoms with Crippen LogP contribution in [0.25, 0.3) is 0 Å². The summed E-state index contributed by atoms with van der Waals surface area (Å²) in [4.78, 5) is 2.34. The van der Waals surface area contributed by atoms with Gasteiger partial charge >= 0.3 is 0 Å². The Bertz CT molecular complexity index is 868. The van der Waals surface area contributed by atoms with E-state index >= 15 is 0 Å². The lowest BCUT2D eigenvalue weighted by molar-refractivity contribution is 0.111. The van der Waals surface area contributed by atoms with E-state index in [2.05, 4.69) is 29.2 Å². The first-order chi connectivity index (χ1) is 13.7. The first-order valence-corrected chi connectivity index (χ1v) is 10.4. The number of nitrogens with zero attached hydrogens (tertiary/aromatic N) is 1. The Labute approximate surface area is 166 Å². The maximum Gasteiger partial charge on any atom is 0.123 e. The van der Waals surface area contributed by atoms with E-state index in [-0.39, 0.29) is 23.9 Å². The summed E-state index contributed by atoms with van der Waals surface area (Å²) in [6.45, 7) is 2.39. The normalized spacial score (nSPS) is 31.3. The molecule has 148 valence electrons. The van der Waals surface area contributed by atoms with E-state index in [1.807, 2.05) is 18.2 Å². The molecule has 0 aromatic heterocycles. The smallest absolute Gasteiger partial charge is 0.123 e. The Morgan fingerprint density at radius 1 is 1.14 bits per heavy atom. The van der Waals surface area contributed by atoms with Crippen molar-refractivity contribution in [1.82, 2.24) is 4.90 Å². The third kappa shape index (κ3) is 2.70. The van der Waals surface area contributed by atoms with Crippen molar-refractivity contribution in [3.05, 3.63) is 64.7 Å². The molecule has 2 fully saturated rings. The lowest BCUT2D eigenvalue weighted by atomic mass is 9.95. The van der Waals surface area contributed by atoms with Gasteiger partial charge in [-0.05, 0) is 53.9 Å². The van der Waals surface area contributed by atoms with Crippen LogP contribution >= 0.6 is 0 Å². The van der Waals surface area contributed by atoms with Gasteiger partial charge in [0.25, 0.3) is 0 Å². The van der Waals surface area contributed by atoms with Gasteiger partial charge in [0.1, 0.15) is 5.75 Å². The molecule has 1 saturated carbocycles. The highest BCUT2D eigenvalue weighted by Crippen LogP contribution is 2.68. The van der Waals surface area contributed by atoms with Gasteiger partial charge in [0, 0.05) is 37.2 Å². The van der Waals surface area contributed by atoms with Crippen molar-refractivity contribution in [3.8, 4) is 5.75 Å². The SMILES string of the molecule is COc1cc2c(cc1CN1C[C@H](O)[C@@]3(C1)[C@H](CO)[C@H]3c1ccccc1)CCC2. The van der Waals surface area contributed by atoms with Gasteiger partial charge in [-0.3, -0.25) is 4.90 Å². The zero-order valence-corrected chi connectivity index (χ0v) is 16.5. The van der Waals surface area contributed by atoms with Gasteiger partial charge < -0.3 is 14.9 Å². The lowest BCUT2D eigenvalue weighted by Crippen LogP contribution is -2.23. The molecular weight excluding hydrogens is 350 g/mol. The summed E-state index contributed by atoms with van der Waals surface area (Å²) in [5.41, 5.74) is 5.10. The molecule has 0 unspecified atom stereocenters. The van der Waals surface area contributed by atoms with Gasteiger partial charge in [-0.25, -0.2) is 0 Å². The first-order valence-electron chi connectivity index (χ1n) is 10.4. The molecule has 28 heavy (non-hydrogen) atoms. The number of methoxy groups -OCH3 is 1. The predicted molar refractivity (Wildman–Crippen MR) is 108 cm³/mol. The van der Waals surface area contributed by atoms with Gasteiger partial charge in [0.2, 0.25) is 0 Å². The fraction of sp³-hybridized carbons (Fsp3) is 0.500. The molecule has 2 aromatic carbocycles. The fourth-order valence-corrected chi connectivity index (χ4v) is 5.99. The molecule has 2 aliphatic carbocycles. The Morgan fingerprint density at radius 3 is 2.61 bits per heavy atom. The van der Waals surface area contributed by atoms with E-state index < -0.39 is 6.10 Å². The van der Waals surface area contributed by atoms with Crippen LogP contribution in [0, 0.1) is 11.3 Å². The highest BCUT2D eigenvalue weighted by molar-refractivity contribution is 5.45. The Hall–Kier alpha value is -1.88. The van der Waals surface area contributed by atoms with Crippen molar-refractivity contribution >= 4 is 0 Å². The number of hydrogen-bond acceptors (Lipinski definition) is 4. The summed E-state index contributed by atoms with van der Waals surface area (Å²) < 4.78 is 5.68. The molecule has 1 aliphatic heterocycles. The van der Waals surface area contributed by atoms with Crippen LogP contribution in [0.5, 0.6) is 5.75 Å². The minimum absolute atomic E-state index is 0.132. The zero-order chi connectivity index (χ0) is 19.3. The number of rotatable bonds is 5. The summed E-state index contributed by atoms with van der Waals surface area (Å²) in [6.07, 6.45) is 3.12. The van der Waals surface area contributed by atoms with Crippen molar-refractivity contribution in [3.63, 3.8) is 0 Å². The summed E-state index contributed by atoms with van der Waals surface area (Å²) in [7, 11) is 1.74. The van der Waals surface area contributed by atoms with Crippen LogP contribution in [0.3, 0.4) is 0 Å². The number of fused-ring (bicyclic) bond motifs is 1. The van der Waals surface area contributed by atoms with Gasteiger partial charge in [-0.1, -0.05) is 36.4 Å². The van der Waals surface area contributed by atoms with Crippen LogP contribution in [-0.4, -0.2) is 48.0 Å². The van der Waals surface area contributed by atoms with E-state index in [4.69, 9.17) is 4.74 Å². The van der Waals surface area contributed by atoms with Gasteiger partial charge in [-0.15, -0.1) is 0 Å². The average molecular weight is 380 g/mol. The molecule has 1 heterocycles. The quantitative estimate of drug-likeness (QED) is 0.839. The summed E-state index contributed by atoms with van der Waals surface area (Å²) >= 11 is 0. The second-order valence-electron chi connectivity index (χ2n) is 8.76. The second-order valence-corrected chi connectivity index (χ2v) is 8.76. The molecule has 2 aromatic rings. The van der Waals surface area contributed by atoms with Crippen molar-refractivity contribution in [2.45, 2.75) is 37.8 Å². The highest BCUT2D eigenvalue weighted by atomic mass is 16.5. The van der Waals surface area contributed by atoms with Crippen molar-refractivity contribution in [1.29, 1.82) is 0 Å². The largest absolute Gasteiger partial charge is 0.496 e. The molecule has 2 N–H and O–H groups in total. The Balaban J connectivity index is 1.38. The van der Waals surface area contributed by atoms with Gasteiger partial charge in [0.05, 0.1) is 13.2 Å². The van der Waals surface area contributed by atoms with Crippen LogP contribution in [0.1, 0.15) is 34.6 Å². The minimum Gasteiger partial charge on any atom is -0.496 e. The molecule has 4 nitrogen and oxygen atoms in total. The Kier molecular flexibility index (Phi) is 4.46. The van der Waals surface area contributed by atoms with Gasteiger partial charge in [-0.2, -0.15) is 0 Å². The third-order valence-corrected chi connectivity index (χ3v) is 7.36. The molecule has 1 saturated heterocycles. The third-order valence-electron chi connectivity index (χ3n) is 7.36.